The summed E-state index contributed by atoms with van der Waals surface area (Å²) in [5, 5.41) is 3.56. The third kappa shape index (κ3) is 4.38. The third-order valence-electron chi connectivity index (χ3n) is 3.34. The van der Waals surface area contributed by atoms with Crippen LogP contribution in [0.5, 0.6) is 11.5 Å². The van der Waals surface area contributed by atoms with Gasteiger partial charge in [-0.25, -0.2) is 0 Å². The molecule has 0 aliphatic carbocycles. The fourth-order valence-electron chi connectivity index (χ4n) is 2.47. The van der Waals surface area contributed by atoms with E-state index in [1.54, 1.807) is 0 Å². The van der Waals surface area contributed by atoms with E-state index in [1.807, 2.05) is 0 Å². The Balaban J connectivity index is 2.02. The molecule has 0 bridgehead atoms. The number of rotatable bonds is 5. The molecule has 1 unspecified atom stereocenters. The summed E-state index contributed by atoms with van der Waals surface area (Å²) in [5.74, 6) is 2.40. The maximum Gasteiger partial charge on any atom is 0.175 e. The predicted molar refractivity (Wildman–Crippen MR) is 85.5 cm³/mol. The van der Waals surface area contributed by atoms with Crippen LogP contribution >= 0.6 is 15.9 Å². The second kappa shape index (κ2) is 7.32. The molecular formula is C16H24BrNO2. The van der Waals surface area contributed by atoms with Gasteiger partial charge in [-0.05, 0) is 52.9 Å². The minimum atomic E-state index is 0.518. The molecule has 1 heterocycles. The molecule has 0 fully saturated rings. The van der Waals surface area contributed by atoms with Gasteiger partial charge >= 0.3 is 0 Å². The lowest BCUT2D eigenvalue weighted by molar-refractivity contribution is 0.296. The van der Waals surface area contributed by atoms with Crippen molar-refractivity contribution in [3.8, 4) is 11.5 Å². The van der Waals surface area contributed by atoms with Gasteiger partial charge in [0.05, 0.1) is 17.7 Å². The van der Waals surface area contributed by atoms with Gasteiger partial charge in [-0.3, -0.25) is 0 Å². The SMILES string of the molecule is CC(C)CC(C)NCc1cc(Br)c2c(c1)OCCCO2. The van der Waals surface area contributed by atoms with Crippen molar-refractivity contribution in [2.75, 3.05) is 13.2 Å². The van der Waals surface area contributed by atoms with E-state index in [4.69, 9.17) is 9.47 Å². The Morgan fingerprint density at radius 1 is 1.20 bits per heavy atom. The van der Waals surface area contributed by atoms with E-state index in [2.05, 4.69) is 54.2 Å². The normalized spacial score (nSPS) is 16.1. The van der Waals surface area contributed by atoms with Gasteiger partial charge in [-0.1, -0.05) is 13.8 Å². The zero-order chi connectivity index (χ0) is 14.5. The molecule has 112 valence electrons. The van der Waals surface area contributed by atoms with Crippen LogP contribution in [0.3, 0.4) is 0 Å². The Labute approximate surface area is 130 Å². The number of halogens is 1. The quantitative estimate of drug-likeness (QED) is 0.873. The summed E-state index contributed by atoms with van der Waals surface area (Å²) in [4.78, 5) is 0. The number of hydrogen-bond donors (Lipinski definition) is 1. The van der Waals surface area contributed by atoms with Gasteiger partial charge in [0.25, 0.3) is 0 Å². The smallest absolute Gasteiger partial charge is 0.175 e. The van der Waals surface area contributed by atoms with E-state index in [1.165, 1.54) is 12.0 Å². The van der Waals surface area contributed by atoms with E-state index >= 15 is 0 Å². The van der Waals surface area contributed by atoms with Crippen LogP contribution < -0.4 is 14.8 Å². The van der Waals surface area contributed by atoms with Crippen molar-refractivity contribution in [1.82, 2.24) is 5.32 Å². The fraction of sp³-hybridized carbons (Fsp3) is 0.625. The Morgan fingerprint density at radius 3 is 2.70 bits per heavy atom. The van der Waals surface area contributed by atoms with Crippen molar-refractivity contribution in [2.24, 2.45) is 5.92 Å². The van der Waals surface area contributed by atoms with Crippen molar-refractivity contribution in [3.05, 3.63) is 22.2 Å². The maximum absolute atomic E-state index is 5.76. The molecule has 2 rings (SSSR count). The number of benzene rings is 1. The molecule has 20 heavy (non-hydrogen) atoms. The molecule has 1 N–H and O–H groups in total. The van der Waals surface area contributed by atoms with Crippen LogP contribution in [0, 0.1) is 5.92 Å². The largest absolute Gasteiger partial charge is 0.490 e. The first-order valence-electron chi connectivity index (χ1n) is 7.37. The van der Waals surface area contributed by atoms with Crippen molar-refractivity contribution in [3.63, 3.8) is 0 Å². The molecule has 1 aromatic rings. The average molecular weight is 342 g/mol. The molecule has 0 saturated heterocycles. The van der Waals surface area contributed by atoms with E-state index in [0.29, 0.717) is 18.6 Å². The van der Waals surface area contributed by atoms with Crippen LogP contribution in [0.4, 0.5) is 0 Å². The van der Waals surface area contributed by atoms with Gasteiger partial charge in [0.15, 0.2) is 11.5 Å². The van der Waals surface area contributed by atoms with E-state index in [9.17, 15) is 0 Å². The van der Waals surface area contributed by atoms with Gasteiger partial charge in [0, 0.05) is 19.0 Å². The molecule has 0 saturated carbocycles. The average Bonchev–Trinajstić information content (AvgIpc) is 2.61. The highest BCUT2D eigenvalue weighted by Gasteiger charge is 2.15. The van der Waals surface area contributed by atoms with Gasteiger partial charge < -0.3 is 14.8 Å². The van der Waals surface area contributed by atoms with E-state index in [0.717, 1.165) is 35.5 Å². The molecule has 1 aliphatic rings. The summed E-state index contributed by atoms with van der Waals surface area (Å²) >= 11 is 3.58. The minimum Gasteiger partial charge on any atom is -0.490 e. The van der Waals surface area contributed by atoms with Gasteiger partial charge in [0.1, 0.15) is 0 Å². The third-order valence-corrected chi connectivity index (χ3v) is 3.93. The van der Waals surface area contributed by atoms with E-state index < -0.39 is 0 Å². The van der Waals surface area contributed by atoms with Crippen molar-refractivity contribution in [2.45, 2.75) is 46.2 Å². The highest BCUT2D eigenvalue weighted by atomic mass is 79.9. The molecular weight excluding hydrogens is 318 g/mol. The van der Waals surface area contributed by atoms with Crippen LogP contribution in [-0.2, 0) is 6.54 Å². The molecule has 3 nitrogen and oxygen atoms in total. The molecule has 0 amide bonds. The number of hydrogen-bond acceptors (Lipinski definition) is 3. The molecule has 0 aromatic heterocycles. The van der Waals surface area contributed by atoms with Crippen LogP contribution in [-0.4, -0.2) is 19.3 Å². The van der Waals surface area contributed by atoms with Crippen molar-refractivity contribution < 1.29 is 9.47 Å². The second-order valence-corrected chi connectivity index (χ2v) is 6.72. The first kappa shape index (κ1) is 15.6. The number of ether oxygens (including phenoxy) is 2. The van der Waals surface area contributed by atoms with Crippen LogP contribution in [0.15, 0.2) is 16.6 Å². The molecule has 4 heteroatoms. The molecule has 1 aliphatic heterocycles. The number of fused-ring (bicyclic) bond motifs is 1. The topological polar surface area (TPSA) is 30.5 Å². The highest BCUT2D eigenvalue weighted by Crippen LogP contribution is 2.38. The zero-order valence-corrected chi connectivity index (χ0v) is 14.1. The predicted octanol–water partition coefficient (Wildman–Crippen LogP) is 4.13. The summed E-state index contributed by atoms with van der Waals surface area (Å²) in [6.07, 6.45) is 2.12. The molecule has 1 aromatic carbocycles. The monoisotopic (exact) mass is 341 g/mol. The molecule has 0 radical (unpaired) electrons. The van der Waals surface area contributed by atoms with Crippen LogP contribution in [0.2, 0.25) is 0 Å². The van der Waals surface area contributed by atoms with E-state index in [-0.39, 0.29) is 0 Å². The summed E-state index contributed by atoms with van der Waals surface area (Å²) in [6, 6.07) is 4.72. The Morgan fingerprint density at radius 2 is 1.95 bits per heavy atom. The first-order valence-corrected chi connectivity index (χ1v) is 8.17. The summed E-state index contributed by atoms with van der Waals surface area (Å²) in [7, 11) is 0. The second-order valence-electron chi connectivity index (χ2n) is 5.87. The maximum atomic E-state index is 5.76. The lowest BCUT2D eigenvalue weighted by atomic mass is 10.0. The van der Waals surface area contributed by atoms with Crippen molar-refractivity contribution in [1.29, 1.82) is 0 Å². The molecule has 0 spiro atoms. The fourth-order valence-corrected chi connectivity index (χ4v) is 3.07. The lowest BCUT2D eigenvalue weighted by Crippen LogP contribution is -2.26. The van der Waals surface area contributed by atoms with Crippen LogP contribution in [0.1, 0.15) is 39.2 Å². The Hall–Kier alpha value is -0.740. The van der Waals surface area contributed by atoms with Gasteiger partial charge in [-0.15, -0.1) is 0 Å². The van der Waals surface area contributed by atoms with Gasteiger partial charge in [-0.2, -0.15) is 0 Å². The first-order chi connectivity index (χ1) is 9.56. The minimum absolute atomic E-state index is 0.518. The number of nitrogens with one attached hydrogen (secondary N) is 1. The van der Waals surface area contributed by atoms with Crippen LogP contribution in [0.25, 0.3) is 0 Å². The molecule has 1 atom stereocenters. The summed E-state index contributed by atoms with van der Waals surface area (Å²) in [5.41, 5.74) is 1.22. The lowest BCUT2D eigenvalue weighted by Gasteiger charge is -2.17. The van der Waals surface area contributed by atoms with Crippen molar-refractivity contribution >= 4 is 15.9 Å². The summed E-state index contributed by atoms with van der Waals surface area (Å²) < 4.78 is 12.5. The highest BCUT2D eigenvalue weighted by molar-refractivity contribution is 9.10. The Kier molecular flexibility index (Phi) is 5.73. The zero-order valence-electron chi connectivity index (χ0n) is 12.5. The Bertz CT molecular complexity index is 448. The van der Waals surface area contributed by atoms with Gasteiger partial charge in [0.2, 0.25) is 0 Å². The summed E-state index contributed by atoms with van der Waals surface area (Å²) in [6.45, 7) is 9.03. The standard InChI is InChI=1S/C16H24BrNO2/c1-11(2)7-12(3)18-10-13-8-14(17)16-15(9-13)19-5-4-6-20-16/h8-9,11-12,18H,4-7,10H2,1-3H3.